The number of nitrogens with one attached hydrogen (secondary N) is 1. The van der Waals surface area contributed by atoms with Crippen molar-refractivity contribution in [1.29, 1.82) is 0 Å². The highest BCUT2D eigenvalue weighted by atomic mass is 15.0. The van der Waals surface area contributed by atoms with Gasteiger partial charge < -0.3 is 5.32 Å². The fraction of sp³-hybridized carbons (Fsp3) is 0.500. The molecule has 0 amide bonds. The van der Waals surface area contributed by atoms with Gasteiger partial charge in [0.2, 0.25) is 0 Å². The van der Waals surface area contributed by atoms with E-state index in [2.05, 4.69) is 21.4 Å². The Bertz CT molecular complexity index is 358. The van der Waals surface area contributed by atoms with Crippen molar-refractivity contribution in [1.82, 2.24) is 9.97 Å². The number of aryl methyl sites for hydroxylation is 1. The third-order valence-electron chi connectivity index (χ3n) is 2.75. The van der Waals surface area contributed by atoms with Crippen molar-refractivity contribution in [2.75, 3.05) is 11.9 Å². The average molecular weight is 203 g/mol. The molecule has 1 aromatic rings. The van der Waals surface area contributed by atoms with Crippen LogP contribution in [0, 0.1) is 6.92 Å². The second-order valence-electron chi connectivity index (χ2n) is 3.92. The van der Waals surface area contributed by atoms with E-state index in [1.165, 1.54) is 19.3 Å². The normalized spacial score (nSPS) is 15.1. The summed E-state index contributed by atoms with van der Waals surface area (Å²) in [6.07, 6.45) is 10.8. The third-order valence-corrected chi connectivity index (χ3v) is 2.75. The number of hydrogen-bond donors (Lipinski definition) is 1. The number of aromatic nitrogens is 2. The number of allylic oxidation sites excluding steroid dienone is 1. The van der Waals surface area contributed by atoms with Gasteiger partial charge in [-0.05, 0) is 32.6 Å². The van der Waals surface area contributed by atoms with Crippen molar-refractivity contribution in [3.8, 4) is 0 Å². The van der Waals surface area contributed by atoms with Crippen molar-refractivity contribution in [3.05, 3.63) is 29.7 Å². The third kappa shape index (κ3) is 2.78. The van der Waals surface area contributed by atoms with Gasteiger partial charge in [0.25, 0.3) is 0 Å². The summed E-state index contributed by atoms with van der Waals surface area (Å²) in [5.41, 5.74) is 2.56. The zero-order valence-electron chi connectivity index (χ0n) is 9.16. The maximum atomic E-state index is 4.25. The maximum absolute atomic E-state index is 4.25. The van der Waals surface area contributed by atoms with E-state index >= 15 is 0 Å². The molecule has 1 aromatic heterocycles. The van der Waals surface area contributed by atoms with E-state index in [4.69, 9.17) is 0 Å². The van der Waals surface area contributed by atoms with Gasteiger partial charge in [-0.15, -0.1) is 0 Å². The first-order valence-corrected chi connectivity index (χ1v) is 5.55. The summed E-state index contributed by atoms with van der Waals surface area (Å²) < 4.78 is 0. The van der Waals surface area contributed by atoms with E-state index in [0.29, 0.717) is 0 Å². The average Bonchev–Trinajstić information content (AvgIpc) is 2.74. The van der Waals surface area contributed by atoms with Crippen molar-refractivity contribution in [2.45, 2.75) is 32.6 Å². The predicted molar refractivity (Wildman–Crippen MR) is 61.8 cm³/mol. The molecule has 0 spiro atoms. The predicted octanol–water partition coefficient (Wildman–Crippen LogP) is 2.70. The van der Waals surface area contributed by atoms with Gasteiger partial charge in [-0.25, -0.2) is 4.98 Å². The van der Waals surface area contributed by atoms with Crippen molar-refractivity contribution >= 4 is 5.82 Å². The molecule has 1 aliphatic carbocycles. The van der Waals surface area contributed by atoms with Crippen molar-refractivity contribution in [2.24, 2.45) is 0 Å². The van der Waals surface area contributed by atoms with Gasteiger partial charge in [-0.2, -0.15) is 0 Å². The molecule has 0 atom stereocenters. The lowest BCUT2D eigenvalue weighted by atomic mass is 10.2. The summed E-state index contributed by atoms with van der Waals surface area (Å²) in [5, 5.41) is 3.33. The van der Waals surface area contributed by atoms with E-state index in [1.54, 1.807) is 18.0 Å². The van der Waals surface area contributed by atoms with Crippen LogP contribution in [0.2, 0.25) is 0 Å². The molecule has 0 radical (unpaired) electrons. The summed E-state index contributed by atoms with van der Waals surface area (Å²) in [5.74, 6) is 0.913. The molecular formula is C12H17N3. The van der Waals surface area contributed by atoms with Crippen LogP contribution >= 0.6 is 0 Å². The van der Waals surface area contributed by atoms with Crippen LogP contribution in [0.4, 0.5) is 5.82 Å². The largest absolute Gasteiger partial charge is 0.368 e. The Kier molecular flexibility index (Phi) is 3.33. The summed E-state index contributed by atoms with van der Waals surface area (Å²) >= 11 is 0. The van der Waals surface area contributed by atoms with Gasteiger partial charge in [0.05, 0.1) is 5.69 Å². The monoisotopic (exact) mass is 203 g/mol. The zero-order valence-corrected chi connectivity index (χ0v) is 9.16. The highest BCUT2D eigenvalue weighted by Crippen LogP contribution is 2.20. The minimum absolute atomic E-state index is 0.913. The molecule has 0 saturated carbocycles. The standard InChI is InChI=1S/C12H17N3/c1-10-12(15-9-8-13-10)14-7-6-11-4-2-3-5-11/h4,8-9H,2-3,5-7H2,1H3,(H,14,15). The molecule has 1 aliphatic rings. The fourth-order valence-corrected chi connectivity index (χ4v) is 1.89. The van der Waals surface area contributed by atoms with E-state index in [0.717, 1.165) is 24.5 Å². The Morgan fingerprint density at radius 1 is 1.33 bits per heavy atom. The van der Waals surface area contributed by atoms with Gasteiger partial charge >= 0.3 is 0 Å². The first-order chi connectivity index (χ1) is 7.36. The molecule has 0 aliphatic heterocycles. The van der Waals surface area contributed by atoms with Crippen LogP contribution in [0.5, 0.6) is 0 Å². The summed E-state index contributed by atoms with van der Waals surface area (Å²) in [6.45, 7) is 2.94. The maximum Gasteiger partial charge on any atom is 0.147 e. The zero-order chi connectivity index (χ0) is 10.5. The van der Waals surface area contributed by atoms with Gasteiger partial charge in [0, 0.05) is 18.9 Å². The topological polar surface area (TPSA) is 37.8 Å². The van der Waals surface area contributed by atoms with Crippen LogP contribution < -0.4 is 5.32 Å². The molecule has 3 heteroatoms. The van der Waals surface area contributed by atoms with Crippen LogP contribution in [0.3, 0.4) is 0 Å². The molecule has 0 aromatic carbocycles. The molecule has 0 bridgehead atoms. The lowest BCUT2D eigenvalue weighted by molar-refractivity contribution is 0.860. The Hall–Kier alpha value is -1.38. The van der Waals surface area contributed by atoms with E-state index in [-0.39, 0.29) is 0 Å². The fourth-order valence-electron chi connectivity index (χ4n) is 1.89. The molecule has 0 fully saturated rings. The van der Waals surface area contributed by atoms with Crippen LogP contribution in [-0.2, 0) is 0 Å². The molecule has 80 valence electrons. The Balaban J connectivity index is 1.80. The summed E-state index contributed by atoms with van der Waals surface area (Å²) in [4.78, 5) is 8.44. The molecule has 2 rings (SSSR count). The van der Waals surface area contributed by atoms with E-state index in [1.807, 2.05) is 6.92 Å². The van der Waals surface area contributed by atoms with Crippen LogP contribution in [0.1, 0.15) is 31.4 Å². The molecule has 15 heavy (non-hydrogen) atoms. The molecule has 0 unspecified atom stereocenters. The summed E-state index contributed by atoms with van der Waals surface area (Å²) in [6, 6.07) is 0. The molecule has 0 saturated heterocycles. The van der Waals surface area contributed by atoms with Crippen LogP contribution in [0.15, 0.2) is 24.0 Å². The Morgan fingerprint density at radius 3 is 2.93 bits per heavy atom. The first kappa shape index (κ1) is 10.1. The Morgan fingerprint density at radius 2 is 2.20 bits per heavy atom. The highest BCUT2D eigenvalue weighted by molar-refractivity contribution is 5.38. The van der Waals surface area contributed by atoms with Crippen molar-refractivity contribution in [3.63, 3.8) is 0 Å². The minimum atomic E-state index is 0.913. The molecule has 1 N–H and O–H groups in total. The molecule has 1 heterocycles. The van der Waals surface area contributed by atoms with E-state index in [9.17, 15) is 0 Å². The first-order valence-electron chi connectivity index (χ1n) is 5.55. The van der Waals surface area contributed by atoms with Crippen LogP contribution in [-0.4, -0.2) is 16.5 Å². The van der Waals surface area contributed by atoms with Gasteiger partial charge in [0.1, 0.15) is 5.82 Å². The lowest BCUT2D eigenvalue weighted by Crippen LogP contribution is -2.06. The Labute approximate surface area is 90.6 Å². The number of rotatable bonds is 4. The second-order valence-corrected chi connectivity index (χ2v) is 3.92. The smallest absolute Gasteiger partial charge is 0.147 e. The van der Waals surface area contributed by atoms with Gasteiger partial charge in [0.15, 0.2) is 0 Å². The molecule has 3 nitrogen and oxygen atoms in total. The van der Waals surface area contributed by atoms with Crippen molar-refractivity contribution < 1.29 is 0 Å². The second kappa shape index (κ2) is 4.91. The number of anilines is 1. The highest BCUT2D eigenvalue weighted by Gasteiger charge is 2.04. The quantitative estimate of drug-likeness (QED) is 0.764. The van der Waals surface area contributed by atoms with Gasteiger partial charge in [-0.1, -0.05) is 11.6 Å². The van der Waals surface area contributed by atoms with Crippen LogP contribution in [0.25, 0.3) is 0 Å². The number of nitrogens with zero attached hydrogens (tertiary/aromatic N) is 2. The molecular weight excluding hydrogens is 186 g/mol. The van der Waals surface area contributed by atoms with E-state index < -0.39 is 0 Å². The minimum Gasteiger partial charge on any atom is -0.368 e. The summed E-state index contributed by atoms with van der Waals surface area (Å²) in [7, 11) is 0. The lowest BCUT2D eigenvalue weighted by Gasteiger charge is -2.07. The SMILES string of the molecule is Cc1nccnc1NCCC1=CCCC1. The number of hydrogen-bond acceptors (Lipinski definition) is 3. The van der Waals surface area contributed by atoms with Gasteiger partial charge in [-0.3, -0.25) is 4.98 Å².